The first kappa shape index (κ1) is 8.07. The Labute approximate surface area is 51.1 Å². The molecule has 4 heteroatoms. The van der Waals surface area contributed by atoms with Crippen molar-refractivity contribution in [3.63, 3.8) is 0 Å². The molecule has 0 radical (unpaired) electrons. The van der Waals surface area contributed by atoms with Gasteiger partial charge in [0.1, 0.15) is 6.33 Å². The van der Waals surface area contributed by atoms with Crippen molar-refractivity contribution >= 4 is 5.97 Å². The summed E-state index contributed by atoms with van der Waals surface area (Å²) in [6, 6.07) is 0. The predicted octanol–water partition coefficient (Wildman–Crippen LogP) is 1.33. The van der Waals surface area contributed by atoms with Crippen molar-refractivity contribution in [3.05, 3.63) is 12.2 Å². The number of ether oxygens (including phenoxy) is 1. The van der Waals surface area contributed by atoms with Crippen LogP contribution in [-0.2, 0) is 9.53 Å². The van der Waals surface area contributed by atoms with Crippen molar-refractivity contribution in [2.45, 2.75) is 6.92 Å². The third-order valence-electron chi connectivity index (χ3n) is 0.566. The predicted molar refractivity (Wildman–Crippen MR) is 26.9 cm³/mol. The summed E-state index contributed by atoms with van der Waals surface area (Å²) in [5.74, 6) is -2.77. The summed E-state index contributed by atoms with van der Waals surface area (Å²) in [6.07, 6.45) is -0.433. The maximum absolute atomic E-state index is 11.7. The van der Waals surface area contributed by atoms with Crippen LogP contribution < -0.4 is 0 Å². The van der Waals surface area contributed by atoms with E-state index in [9.17, 15) is 13.6 Å². The monoisotopic (exact) mass is 136 g/mol. The minimum atomic E-state index is -1.50. The highest BCUT2D eigenvalue weighted by atomic mass is 19.2. The summed E-state index contributed by atoms with van der Waals surface area (Å²) < 4.78 is 26.9. The van der Waals surface area contributed by atoms with Crippen LogP contribution in [0.5, 0.6) is 0 Å². The molecule has 0 rings (SSSR count). The average molecular weight is 136 g/mol. The Morgan fingerprint density at radius 1 is 1.78 bits per heavy atom. The van der Waals surface area contributed by atoms with Gasteiger partial charge in [0.05, 0.1) is 6.61 Å². The van der Waals surface area contributed by atoms with Crippen molar-refractivity contribution < 1.29 is 18.3 Å². The van der Waals surface area contributed by atoms with Crippen molar-refractivity contribution in [1.82, 2.24) is 0 Å². The quantitative estimate of drug-likeness (QED) is 0.422. The summed E-state index contributed by atoms with van der Waals surface area (Å²) in [6.45, 7) is 1.55. The summed E-state index contributed by atoms with van der Waals surface area (Å²) in [4.78, 5) is 10.1. The normalized spacial score (nSPS) is 11.2. The van der Waals surface area contributed by atoms with Gasteiger partial charge < -0.3 is 4.74 Å². The van der Waals surface area contributed by atoms with Gasteiger partial charge in [0.15, 0.2) is 0 Å². The van der Waals surface area contributed by atoms with Crippen LogP contribution >= 0.6 is 0 Å². The van der Waals surface area contributed by atoms with Crippen LogP contribution in [0.3, 0.4) is 0 Å². The van der Waals surface area contributed by atoms with Crippen LogP contribution in [0.2, 0.25) is 0 Å². The molecule has 0 aliphatic rings. The number of esters is 1. The number of rotatable bonds is 2. The Balaban J connectivity index is 3.74. The van der Waals surface area contributed by atoms with Gasteiger partial charge in [0.25, 0.3) is 0 Å². The molecule has 9 heavy (non-hydrogen) atoms. The molecule has 0 atom stereocenters. The molecule has 0 aromatic heterocycles. The molecule has 0 aliphatic carbocycles. The van der Waals surface area contributed by atoms with E-state index in [4.69, 9.17) is 0 Å². The van der Waals surface area contributed by atoms with Gasteiger partial charge in [-0.1, -0.05) is 0 Å². The van der Waals surface area contributed by atoms with Gasteiger partial charge in [-0.25, -0.2) is 9.18 Å². The minimum absolute atomic E-state index is 0.0418. The molecule has 0 aliphatic heterocycles. The summed E-state index contributed by atoms with van der Waals surface area (Å²) >= 11 is 0. The van der Waals surface area contributed by atoms with E-state index >= 15 is 0 Å². The lowest BCUT2D eigenvalue weighted by molar-refractivity contribution is -0.140. The van der Waals surface area contributed by atoms with Crippen molar-refractivity contribution in [2.75, 3.05) is 6.61 Å². The molecule has 0 bridgehead atoms. The van der Waals surface area contributed by atoms with Crippen molar-refractivity contribution in [3.8, 4) is 0 Å². The number of halogens is 2. The number of carbonyl (C=O) groups excluding carboxylic acids is 1. The van der Waals surface area contributed by atoms with Gasteiger partial charge in [-0.3, -0.25) is 0 Å². The van der Waals surface area contributed by atoms with Gasteiger partial charge in [-0.15, -0.1) is 0 Å². The lowest BCUT2D eigenvalue weighted by atomic mass is 10.6. The molecule has 52 valence electrons. The summed E-state index contributed by atoms with van der Waals surface area (Å²) in [5.41, 5.74) is 0. The second-order valence-corrected chi connectivity index (χ2v) is 1.18. The van der Waals surface area contributed by atoms with Gasteiger partial charge in [-0.05, 0) is 6.92 Å². The summed E-state index contributed by atoms with van der Waals surface area (Å²) in [7, 11) is 0. The van der Waals surface area contributed by atoms with E-state index in [0.717, 1.165) is 0 Å². The molecule has 0 heterocycles. The SMILES string of the molecule is CCOC(=O)/C(F)=C\F. The maximum atomic E-state index is 11.7. The highest BCUT2D eigenvalue weighted by Crippen LogP contribution is 1.98. The van der Waals surface area contributed by atoms with E-state index in [0.29, 0.717) is 0 Å². The fraction of sp³-hybridized carbons (Fsp3) is 0.400. The smallest absolute Gasteiger partial charge is 0.369 e. The first-order valence-corrected chi connectivity index (χ1v) is 2.35. The van der Waals surface area contributed by atoms with Crippen molar-refractivity contribution in [2.24, 2.45) is 0 Å². The maximum Gasteiger partial charge on any atom is 0.369 e. The average Bonchev–Trinajstić information content (AvgIpc) is 1.87. The molecule has 0 amide bonds. The van der Waals surface area contributed by atoms with Gasteiger partial charge in [0, 0.05) is 0 Å². The van der Waals surface area contributed by atoms with Gasteiger partial charge in [0.2, 0.25) is 5.83 Å². The van der Waals surface area contributed by atoms with Crippen LogP contribution in [0, 0.1) is 0 Å². The molecule has 0 saturated carbocycles. The number of hydrogen-bond acceptors (Lipinski definition) is 2. The van der Waals surface area contributed by atoms with Crippen LogP contribution in [-0.4, -0.2) is 12.6 Å². The van der Waals surface area contributed by atoms with E-state index in [1.165, 1.54) is 6.92 Å². The zero-order chi connectivity index (χ0) is 7.28. The Morgan fingerprint density at radius 3 is 2.67 bits per heavy atom. The van der Waals surface area contributed by atoms with E-state index in [2.05, 4.69) is 4.74 Å². The molecule has 0 spiro atoms. The highest BCUT2D eigenvalue weighted by Gasteiger charge is 2.07. The molecule has 2 nitrogen and oxygen atoms in total. The number of hydrogen-bond donors (Lipinski definition) is 0. The molecule has 0 aromatic carbocycles. The van der Waals surface area contributed by atoms with Gasteiger partial charge >= 0.3 is 5.97 Å². The number of carbonyl (C=O) groups is 1. The Bertz CT molecular complexity index is 131. The molecule has 0 fully saturated rings. The molecular weight excluding hydrogens is 130 g/mol. The fourth-order valence-corrected chi connectivity index (χ4v) is 0.245. The minimum Gasteiger partial charge on any atom is -0.461 e. The lowest BCUT2D eigenvalue weighted by Gasteiger charge is -1.94. The Hall–Kier alpha value is -0.930. The molecule has 0 aromatic rings. The largest absolute Gasteiger partial charge is 0.461 e. The Kier molecular flexibility index (Phi) is 3.59. The van der Waals surface area contributed by atoms with E-state index in [1.807, 2.05) is 0 Å². The van der Waals surface area contributed by atoms with E-state index < -0.39 is 18.1 Å². The summed E-state index contributed by atoms with van der Waals surface area (Å²) in [5, 5.41) is 0. The van der Waals surface area contributed by atoms with E-state index in [1.54, 1.807) is 0 Å². The first-order valence-electron chi connectivity index (χ1n) is 2.35. The van der Waals surface area contributed by atoms with Crippen LogP contribution in [0.1, 0.15) is 6.92 Å². The molecule has 0 N–H and O–H groups in total. The van der Waals surface area contributed by atoms with Crippen LogP contribution in [0.25, 0.3) is 0 Å². The van der Waals surface area contributed by atoms with E-state index in [-0.39, 0.29) is 6.61 Å². The molecule has 0 unspecified atom stereocenters. The van der Waals surface area contributed by atoms with Crippen LogP contribution in [0.4, 0.5) is 8.78 Å². The topological polar surface area (TPSA) is 26.3 Å². The lowest BCUT2D eigenvalue weighted by Crippen LogP contribution is -2.03. The second kappa shape index (κ2) is 4.00. The third-order valence-corrected chi connectivity index (χ3v) is 0.566. The van der Waals surface area contributed by atoms with Gasteiger partial charge in [-0.2, -0.15) is 4.39 Å². The molecule has 0 saturated heterocycles. The standard InChI is InChI=1S/C5H6F2O2/c1-2-9-5(8)4(7)3-6/h3H,2H2,1H3/b4-3+. The third kappa shape index (κ3) is 2.79. The fourth-order valence-electron chi connectivity index (χ4n) is 0.245. The van der Waals surface area contributed by atoms with Crippen LogP contribution in [0.15, 0.2) is 12.2 Å². The molecular formula is C5H6F2O2. The van der Waals surface area contributed by atoms with Crippen molar-refractivity contribution in [1.29, 1.82) is 0 Å². The zero-order valence-electron chi connectivity index (χ0n) is 4.86. The Morgan fingerprint density at radius 2 is 2.33 bits per heavy atom. The zero-order valence-corrected chi connectivity index (χ0v) is 4.86. The second-order valence-electron chi connectivity index (χ2n) is 1.18. The first-order chi connectivity index (χ1) is 4.22. The highest BCUT2D eigenvalue weighted by molar-refractivity contribution is 5.85.